The number of alkyl halides is 3. The zero-order valence-electron chi connectivity index (χ0n) is 6.64. The van der Waals surface area contributed by atoms with Crippen LogP contribution in [0.4, 0.5) is 13.2 Å². The molecule has 3 nitrogen and oxygen atoms in total. The fraction of sp³-hybridized carbons (Fsp3) is 1.00. The van der Waals surface area contributed by atoms with Crippen molar-refractivity contribution in [3.05, 3.63) is 0 Å². The lowest BCUT2D eigenvalue weighted by Crippen LogP contribution is -2.27. The van der Waals surface area contributed by atoms with Crippen LogP contribution in [0.1, 0.15) is 6.42 Å². The Bertz CT molecular complexity index is 248. The van der Waals surface area contributed by atoms with Gasteiger partial charge in [0.2, 0.25) is 9.05 Å². The molecule has 0 radical (unpaired) electrons. The average Bonchev–Trinajstić information content (AvgIpc) is 1.79. The van der Waals surface area contributed by atoms with E-state index in [2.05, 4.69) is 4.74 Å². The second-order valence-electron chi connectivity index (χ2n) is 2.38. The first-order valence-electron chi connectivity index (χ1n) is 3.16. The SMILES string of the molecule is COC(CC(F)(F)F)CS(=O)(=O)Cl. The number of methoxy groups -OCH3 is 1. The predicted molar refractivity (Wildman–Crippen MR) is 41.1 cm³/mol. The summed E-state index contributed by atoms with van der Waals surface area (Å²) in [5.74, 6) is -0.843. The van der Waals surface area contributed by atoms with E-state index in [-0.39, 0.29) is 0 Å². The maximum atomic E-state index is 11.7. The van der Waals surface area contributed by atoms with Gasteiger partial charge < -0.3 is 4.74 Å². The summed E-state index contributed by atoms with van der Waals surface area (Å²) < 4.78 is 60.4. The molecule has 0 amide bonds. The largest absolute Gasteiger partial charge is 0.391 e. The second-order valence-corrected chi connectivity index (χ2v) is 5.20. The molecule has 0 aliphatic carbocycles. The Morgan fingerprint density at radius 3 is 2.15 bits per heavy atom. The molecule has 8 heteroatoms. The lowest BCUT2D eigenvalue weighted by atomic mass is 10.3. The molecule has 1 unspecified atom stereocenters. The molecule has 0 fully saturated rings. The number of rotatable bonds is 4. The van der Waals surface area contributed by atoms with Gasteiger partial charge in [0.1, 0.15) is 0 Å². The van der Waals surface area contributed by atoms with Crippen LogP contribution in [0.5, 0.6) is 0 Å². The van der Waals surface area contributed by atoms with Gasteiger partial charge in [-0.1, -0.05) is 0 Å². The summed E-state index contributed by atoms with van der Waals surface area (Å²) in [6.07, 6.45) is -7.22. The standard InChI is InChI=1S/C5H8ClF3O3S/c1-12-4(2-5(7,8)9)3-13(6,10)11/h4H,2-3H2,1H3. The quantitative estimate of drug-likeness (QED) is 0.700. The monoisotopic (exact) mass is 240 g/mol. The third-order valence-electron chi connectivity index (χ3n) is 1.18. The third kappa shape index (κ3) is 8.32. The highest BCUT2D eigenvalue weighted by atomic mass is 35.7. The van der Waals surface area contributed by atoms with Gasteiger partial charge in [-0.2, -0.15) is 13.2 Å². The van der Waals surface area contributed by atoms with E-state index >= 15 is 0 Å². The van der Waals surface area contributed by atoms with E-state index in [0.29, 0.717) is 0 Å². The molecule has 0 aromatic carbocycles. The van der Waals surface area contributed by atoms with Gasteiger partial charge in [-0.15, -0.1) is 0 Å². The van der Waals surface area contributed by atoms with Crippen LogP contribution < -0.4 is 0 Å². The Labute approximate surface area is 78.2 Å². The normalized spacial score (nSPS) is 15.8. The molecule has 13 heavy (non-hydrogen) atoms. The third-order valence-corrected chi connectivity index (χ3v) is 2.33. The Balaban J connectivity index is 4.22. The fourth-order valence-corrected chi connectivity index (χ4v) is 1.81. The topological polar surface area (TPSA) is 43.4 Å². The maximum Gasteiger partial charge on any atom is 0.391 e. The molecule has 0 rings (SSSR count). The van der Waals surface area contributed by atoms with E-state index in [0.717, 1.165) is 7.11 Å². The van der Waals surface area contributed by atoms with Gasteiger partial charge in [0, 0.05) is 17.8 Å². The smallest absolute Gasteiger partial charge is 0.380 e. The number of ether oxygens (including phenoxy) is 1. The highest BCUT2D eigenvalue weighted by molar-refractivity contribution is 8.13. The summed E-state index contributed by atoms with van der Waals surface area (Å²) in [7, 11) is 1.80. The molecule has 1 atom stereocenters. The summed E-state index contributed by atoms with van der Waals surface area (Å²) >= 11 is 0. The molecule has 0 spiro atoms. The van der Waals surface area contributed by atoms with E-state index < -0.39 is 33.5 Å². The molecule has 0 saturated carbocycles. The molecule has 0 aromatic rings. The van der Waals surface area contributed by atoms with Gasteiger partial charge >= 0.3 is 6.18 Å². The van der Waals surface area contributed by atoms with Crippen molar-refractivity contribution in [3.8, 4) is 0 Å². The summed E-state index contributed by atoms with van der Waals surface area (Å²) in [6, 6.07) is 0. The van der Waals surface area contributed by atoms with Crippen LogP contribution in [0.25, 0.3) is 0 Å². The summed E-state index contributed by atoms with van der Waals surface area (Å²) in [4.78, 5) is 0. The minimum atomic E-state index is -4.46. The molecular formula is C5H8ClF3O3S. The van der Waals surface area contributed by atoms with Crippen LogP contribution in [0, 0.1) is 0 Å². The van der Waals surface area contributed by atoms with Gasteiger partial charge in [0.15, 0.2) is 0 Å². The van der Waals surface area contributed by atoms with Crippen molar-refractivity contribution in [2.75, 3.05) is 12.9 Å². The van der Waals surface area contributed by atoms with Crippen molar-refractivity contribution >= 4 is 19.7 Å². The Hall–Kier alpha value is -0.0100. The van der Waals surface area contributed by atoms with Crippen molar-refractivity contribution in [1.82, 2.24) is 0 Å². The van der Waals surface area contributed by atoms with E-state index in [9.17, 15) is 21.6 Å². The minimum Gasteiger partial charge on any atom is -0.380 e. The lowest BCUT2D eigenvalue weighted by molar-refractivity contribution is -0.154. The first-order chi connectivity index (χ1) is 5.64. The molecule has 0 aromatic heterocycles. The average molecular weight is 241 g/mol. The molecule has 0 heterocycles. The van der Waals surface area contributed by atoms with Gasteiger partial charge in [-0.05, 0) is 0 Å². The molecule has 0 bridgehead atoms. The van der Waals surface area contributed by atoms with E-state index in [1.807, 2.05) is 0 Å². The molecule has 0 N–H and O–H groups in total. The summed E-state index contributed by atoms with van der Waals surface area (Å²) in [6.45, 7) is 0. The summed E-state index contributed by atoms with van der Waals surface area (Å²) in [5, 5.41) is 0. The van der Waals surface area contributed by atoms with Crippen molar-refractivity contribution in [2.24, 2.45) is 0 Å². The lowest BCUT2D eigenvalue weighted by Gasteiger charge is -2.15. The number of hydrogen-bond acceptors (Lipinski definition) is 3. The van der Waals surface area contributed by atoms with Gasteiger partial charge in [-0.3, -0.25) is 0 Å². The van der Waals surface area contributed by atoms with Crippen molar-refractivity contribution < 1.29 is 26.3 Å². The second kappa shape index (κ2) is 4.47. The first kappa shape index (κ1) is 13.0. The van der Waals surface area contributed by atoms with Crippen LogP contribution in [-0.4, -0.2) is 33.6 Å². The zero-order chi connectivity index (χ0) is 10.7. The van der Waals surface area contributed by atoms with Gasteiger partial charge in [0.05, 0.1) is 18.3 Å². The minimum absolute atomic E-state index is 0.843. The fourth-order valence-electron chi connectivity index (χ4n) is 0.690. The molecule has 0 aliphatic heterocycles. The predicted octanol–water partition coefficient (Wildman–Crippen LogP) is 1.52. The van der Waals surface area contributed by atoms with Crippen LogP contribution in [0.15, 0.2) is 0 Å². The van der Waals surface area contributed by atoms with Crippen molar-refractivity contribution in [3.63, 3.8) is 0 Å². The van der Waals surface area contributed by atoms with E-state index in [4.69, 9.17) is 10.7 Å². The van der Waals surface area contributed by atoms with Crippen LogP contribution in [0.2, 0.25) is 0 Å². The Morgan fingerprint density at radius 2 is 1.92 bits per heavy atom. The van der Waals surface area contributed by atoms with Crippen LogP contribution in [-0.2, 0) is 13.8 Å². The van der Waals surface area contributed by atoms with Crippen molar-refractivity contribution in [1.29, 1.82) is 0 Å². The van der Waals surface area contributed by atoms with E-state index in [1.165, 1.54) is 0 Å². The zero-order valence-corrected chi connectivity index (χ0v) is 8.21. The van der Waals surface area contributed by atoms with Crippen LogP contribution in [0.3, 0.4) is 0 Å². The number of hydrogen-bond donors (Lipinski definition) is 0. The molecule has 0 aliphatic rings. The highest BCUT2D eigenvalue weighted by Gasteiger charge is 2.33. The highest BCUT2D eigenvalue weighted by Crippen LogP contribution is 2.23. The van der Waals surface area contributed by atoms with Crippen molar-refractivity contribution in [2.45, 2.75) is 18.7 Å². The molecule has 0 saturated heterocycles. The Kier molecular flexibility index (Phi) is 4.47. The van der Waals surface area contributed by atoms with Crippen LogP contribution >= 0.6 is 10.7 Å². The Morgan fingerprint density at radius 1 is 1.46 bits per heavy atom. The summed E-state index contributed by atoms with van der Waals surface area (Å²) in [5.41, 5.74) is 0. The number of halogens is 4. The first-order valence-corrected chi connectivity index (χ1v) is 5.64. The molecule has 80 valence electrons. The maximum absolute atomic E-state index is 11.7. The molecular weight excluding hydrogens is 233 g/mol. The van der Waals surface area contributed by atoms with Gasteiger partial charge in [-0.25, -0.2) is 8.42 Å². The van der Waals surface area contributed by atoms with E-state index in [1.54, 1.807) is 0 Å². The van der Waals surface area contributed by atoms with Gasteiger partial charge in [0.25, 0.3) is 0 Å².